The van der Waals surface area contributed by atoms with E-state index < -0.39 is 24.0 Å². The first kappa shape index (κ1) is 13.3. The summed E-state index contributed by atoms with van der Waals surface area (Å²) in [6, 6.07) is -0.417. The molecule has 100 valence electrons. The van der Waals surface area contributed by atoms with E-state index in [1.807, 2.05) is 0 Å². The number of halogens is 3. The van der Waals surface area contributed by atoms with Gasteiger partial charge in [0, 0.05) is 6.04 Å². The monoisotopic (exact) mass is 279 g/mol. The Morgan fingerprint density at radius 3 is 2.83 bits per heavy atom. The van der Waals surface area contributed by atoms with Gasteiger partial charge in [-0.15, -0.1) is 5.10 Å². The van der Waals surface area contributed by atoms with Gasteiger partial charge in [0.25, 0.3) is 5.91 Å². The van der Waals surface area contributed by atoms with E-state index in [2.05, 4.69) is 14.9 Å². The molecule has 0 saturated heterocycles. The Balaban J connectivity index is 1.92. The summed E-state index contributed by atoms with van der Waals surface area (Å²) in [5.74, 6) is -1.70. The van der Waals surface area contributed by atoms with E-state index >= 15 is 0 Å². The molecule has 0 radical (unpaired) electrons. The maximum atomic E-state index is 12.6. The Kier molecular flexibility index (Phi) is 3.84. The number of carbonyl (C=O) groups is 1. The van der Waals surface area contributed by atoms with E-state index in [-0.39, 0.29) is 12.8 Å². The summed E-state index contributed by atoms with van der Waals surface area (Å²) in [5.41, 5.74) is 0. The number of nitrogens with one attached hydrogen (secondary N) is 1. The van der Waals surface area contributed by atoms with E-state index in [9.17, 15) is 18.0 Å². The molecular weight excluding hydrogens is 267 g/mol. The minimum atomic E-state index is -4.17. The molecule has 0 aliphatic heterocycles. The van der Waals surface area contributed by atoms with Crippen molar-refractivity contribution < 1.29 is 18.0 Å². The molecule has 4 nitrogen and oxygen atoms in total. The Hall–Kier alpha value is -1.18. The molecule has 0 spiro atoms. The van der Waals surface area contributed by atoms with Crippen LogP contribution < -0.4 is 5.32 Å². The third kappa shape index (κ3) is 3.18. The molecule has 2 atom stereocenters. The molecule has 18 heavy (non-hydrogen) atoms. The molecule has 1 saturated carbocycles. The highest BCUT2D eigenvalue weighted by Gasteiger charge is 2.42. The molecule has 1 aliphatic carbocycles. The van der Waals surface area contributed by atoms with Crippen LogP contribution in [0.1, 0.15) is 35.4 Å². The predicted octanol–water partition coefficient (Wildman–Crippen LogP) is 2.39. The molecule has 1 N–H and O–H groups in total. The first-order chi connectivity index (χ1) is 8.47. The quantitative estimate of drug-likeness (QED) is 0.904. The fraction of sp³-hybridized carbons (Fsp3) is 0.700. The Labute approximate surface area is 106 Å². The fourth-order valence-corrected chi connectivity index (χ4v) is 2.56. The van der Waals surface area contributed by atoms with Gasteiger partial charge in [-0.05, 0) is 30.8 Å². The smallest absolute Gasteiger partial charge is 0.348 e. The van der Waals surface area contributed by atoms with Gasteiger partial charge >= 0.3 is 6.18 Å². The lowest BCUT2D eigenvalue weighted by Gasteiger charge is -2.30. The van der Waals surface area contributed by atoms with Crippen LogP contribution in [0.15, 0.2) is 6.20 Å². The third-order valence-electron chi connectivity index (χ3n) is 3.06. The van der Waals surface area contributed by atoms with E-state index in [0.717, 1.165) is 11.5 Å². The molecule has 8 heteroatoms. The number of alkyl halides is 3. The SMILES string of the molecule is O=C(N[C@@H]1CCC[C@H](C(F)(F)F)C1)c1cnns1. The second-order valence-electron chi connectivity index (χ2n) is 4.36. The van der Waals surface area contributed by atoms with Crippen molar-refractivity contribution in [2.75, 3.05) is 0 Å². The van der Waals surface area contributed by atoms with Crippen LogP contribution in [0.4, 0.5) is 13.2 Å². The van der Waals surface area contributed by atoms with E-state index in [1.54, 1.807) is 0 Å². The van der Waals surface area contributed by atoms with Gasteiger partial charge in [-0.3, -0.25) is 4.79 Å². The minimum absolute atomic E-state index is 0.0402. The third-order valence-corrected chi connectivity index (χ3v) is 3.72. The minimum Gasteiger partial charge on any atom is -0.348 e. The average molecular weight is 279 g/mol. The molecule has 1 heterocycles. The standard InChI is InChI=1S/C10H12F3N3OS/c11-10(12,13)6-2-1-3-7(4-6)15-9(17)8-5-14-16-18-8/h5-7H,1-4H2,(H,15,17)/t6-,7+/m0/s1. The van der Waals surface area contributed by atoms with Crippen molar-refractivity contribution in [3.63, 3.8) is 0 Å². The van der Waals surface area contributed by atoms with Gasteiger partial charge in [-0.25, -0.2) is 0 Å². The van der Waals surface area contributed by atoms with E-state index in [1.165, 1.54) is 6.20 Å². The van der Waals surface area contributed by atoms with Crippen LogP contribution >= 0.6 is 11.5 Å². The number of hydrogen-bond acceptors (Lipinski definition) is 4. The van der Waals surface area contributed by atoms with Crippen molar-refractivity contribution in [2.24, 2.45) is 5.92 Å². The Morgan fingerprint density at radius 1 is 1.44 bits per heavy atom. The van der Waals surface area contributed by atoms with Crippen molar-refractivity contribution in [1.82, 2.24) is 14.9 Å². The highest BCUT2D eigenvalue weighted by molar-refractivity contribution is 7.07. The van der Waals surface area contributed by atoms with Gasteiger partial charge in [0.15, 0.2) is 0 Å². The van der Waals surface area contributed by atoms with Crippen LogP contribution in [0.3, 0.4) is 0 Å². The number of aromatic nitrogens is 2. The first-order valence-electron chi connectivity index (χ1n) is 5.61. The number of amides is 1. The summed E-state index contributed by atoms with van der Waals surface area (Å²) >= 11 is 0.931. The topological polar surface area (TPSA) is 54.9 Å². The van der Waals surface area contributed by atoms with Crippen LogP contribution in [0.5, 0.6) is 0 Å². The van der Waals surface area contributed by atoms with Crippen molar-refractivity contribution in [3.05, 3.63) is 11.1 Å². The van der Waals surface area contributed by atoms with Crippen molar-refractivity contribution in [1.29, 1.82) is 0 Å². The average Bonchev–Trinajstić information content (AvgIpc) is 2.81. The number of carbonyl (C=O) groups excluding carboxylic acids is 1. The normalized spacial score (nSPS) is 24.8. The molecule has 0 unspecified atom stereocenters. The summed E-state index contributed by atoms with van der Waals surface area (Å²) in [5, 5.41) is 6.13. The van der Waals surface area contributed by atoms with Crippen LogP contribution in [0.25, 0.3) is 0 Å². The van der Waals surface area contributed by atoms with Gasteiger partial charge in [0.2, 0.25) is 0 Å². The van der Waals surface area contributed by atoms with Crippen molar-refractivity contribution >= 4 is 17.4 Å². The predicted molar refractivity (Wildman–Crippen MR) is 59.2 cm³/mol. The lowest BCUT2D eigenvalue weighted by molar-refractivity contribution is -0.183. The van der Waals surface area contributed by atoms with E-state index in [4.69, 9.17) is 0 Å². The van der Waals surface area contributed by atoms with Crippen molar-refractivity contribution in [3.8, 4) is 0 Å². The summed E-state index contributed by atoms with van der Waals surface area (Å²) < 4.78 is 41.3. The lowest BCUT2D eigenvalue weighted by Crippen LogP contribution is -2.41. The zero-order chi connectivity index (χ0) is 13.2. The van der Waals surface area contributed by atoms with Gasteiger partial charge in [-0.2, -0.15) is 13.2 Å². The zero-order valence-electron chi connectivity index (χ0n) is 9.41. The highest BCUT2D eigenvalue weighted by atomic mass is 32.1. The Morgan fingerprint density at radius 2 is 2.22 bits per heavy atom. The first-order valence-corrected chi connectivity index (χ1v) is 6.39. The molecule has 2 rings (SSSR count). The highest BCUT2D eigenvalue weighted by Crippen LogP contribution is 2.37. The molecule has 1 amide bonds. The Bertz CT molecular complexity index is 407. The molecule has 1 aromatic heterocycles. The molecule has 1 aromatic rings. The maximum absolute atomic E-state index is 12.6. The summed E-state index contributed by atoms with van der Waals surface area (Å²) in [6.07, 6.45) is -1.68. The number of hydrogen-bond donors (Lipinski definition) is 1. The van der Waals surface area contributed by atoms with Crippen LogP contribution in [0, 0.1) is 5.92 Å². The van der Waals surface area contributed by atoms with Crippen LogP contribution in [0.2, 0.25) is 0 Å². The maximum Gasteiger partial charge on any atom is 0.391 e. The summed E-state index contributed by atoms with van der Waals surface area (Å²) in [7, 11) is 0. The summed E-state index contributed by atoms with van der Waals surface area (Å²) in [4.78, 5) is 12.0. The largest absolute Gasteiger partial charge is 0.391 e. The number of rotatable bonds is 2. The summed E-state index contributed by atoms with van der Waals surface area (Å²) in [6.45, 7) is 0. The van der Waals surface area contributed by atoms with Crippen LogP contribution in [-0.4, -0.2) is 27.7 Å². The second kappa shape index (κ2) is 5.21. The van der Waals surface area contributed by atoms with E-state index in [0.29, 0.717) is 17.7 Å². The fourth-order valence-electron chi connectivity index (χ4n) is 2.14. The lowest BCUT2D eigenvalue weighted by atomic mass is 9.85. The van der Waals surface area contributed by atoms with Crippen LogP contribution in [-0.2, 0) is 0 Å². The molecule has 1 aliphatic rings. The molecular formula is C10H12F3N3OS. The number of nitrogens with zero attached hydrogens (tertiary/aromatic N) is 2. The molecule has 1 fully saturated rings. The van der Waals surface area contributed by atoms with Gasteiger partial charge < -0.3 is 5.32 Å². The van der Waals surface area contributed by atoms with Crippen molar-refractivity contribution in [2.45, 2.75) is 37.9 Å². The second-order valence-corrected chi connectivity index (χ2v) is 5.14. The zero-order valence-corrected chi connectivity index (χ0v) is 10.2. The van der Waals surface area contributed by atoms with Gasteiger partial charge in [-0.1, -0.05) is 10.9 Å². The molecule has 0 bridgehead atoms. The molecule has 0 aromatic carbocycles. The van der Waals surface area contributed by atoms with Gasteiger partial charge in [0.05, 0.1) is 12.1 Å². The van der Waals surface area contributed by atoms with Gasteiger partial charge in [0.1, 0.15) is 4.88 Å².